The molecular weight excluding hydrogens is 308 g/mol. The first-order valence-corrected chi connectivity index (χ1v) is 9.66. The summed E-state index contributed by atoms with van der Waals surface area (Å²) in [4.78, 5) is 23.9. The van der Waals surface area contributed by atoms with Crippen LogP contribution in [0.4, 0.5) is 5.13 Å². The predicted octanol–water partition coefficient (Wildman–Crippen LogP) is 2.06. The number of amides is 1. The van der Waals surface area contributed by atoms with Crippen molar-refractivity contribution in [3.05, 3.63) is 11.6 Å². The van der Waals surface area contributed by atoms with Gasteiger partial charge in [0.25, 0.3) is 0 Å². The van der Waals surface area contributed by atoms with Gasteiger partial charge in [0.2, 0.25) is 5.91 Å². The van der Waals surface area contributed by atoms with Crippen LogP contribution in [0.2, 0.25) is 0 Å². The zero-order valence-electron chi connectivity index (χ0n) is 13.9. The van der Waals surface area contributed by atoms with E-state index in [9.17, 15) is 4.79 Å². The Morgan fingerprint density at radius 1 is 1.26 bits per heavy atom. The number of rotatable bonds is 2. The Labute approximate surface area is 142 Å². The number of hydrogen-bond acceptors (Lipinski definition) is 5. The van der Waals surface area contributed by atoms with Crippen LogP contribution in [0, 0.1) is 5.41 Å². The van der Waals surface area contributed by atoms with Crippen LogP contribution >= 0.6 is 11.3 Å². The molecule has 4 rings (SSSR count). The maximum atomic E-state index is 12.5. The average molecular weight is 334 g/mol. The Balaban J connectivity index is 1.42. The summed E-state index contributed by atoms with van der Waals surface area (Å²) in [5.74, 6) is 0.387. The molecule has 3 saturated heterocycles. The number of thiazole rings is 1. The van der Waals surface area contributed by atoms with Crippen molar-refractivity contribution in [1.29, 1.82) is 0 Å². The van der Waals surface area contributed by atoms with Crippen LogP contribution < -0.4 is 4.90 Å². The van der Waals surface area contributed by atoms with Gasteiger partial charge in [0.05, 0.1) is 0 Å². The second-order valence-electron chi connectivity index (χ2n) is 7.53. The minimum atomic E-state index is 0.350. The summed E-state index contributed by atoms with van der Waals surface area (Å²) in [5, 5.41) is 3.21. The Bertz CT molecular complexity index is 553. The summed E-state index contributed by atoms with van der Waals surface area (Å²) in [5.41, 5.74) is 0.350. The lowest BCUT2D eigenvalue weighted by Crippen LogP contribution is -2.54. The molecule has 1 aromatic rings. The van der Waals surface area contributed by atoms with Gasteiger partial charge in [0.15, 0.2) is 5.13 Å². The number of carbonyl (C=O) groups excluding carboxylic acids is 1. The molecule has 1 amide bonds. The lowest BCUT2D eigenvalue weighted by molar-refractivity contribution is -0.141. The summed E-state index contributed by atoms with van der Waals surface area (Å²) in [6.07, 6.45) is 7.25. The van der Waals surface area contributed by atoms with E-state index in [0.29, 0.717) is 17.4 Å². The topological polar surface area (TPSA) is 39.7 Å². The van der Waals surface area contributed by atoms with Gasteiger partial charge < -0.3 is 14.7 Å². The van der Waals surface area contributed by atoms with Crippen LogP contribution in [0.15, 0.2) is 11.6 Å². The van der Waals surface area contributed by atoms with E-state index in [0.717, 1.165) is 57.1 Å². The number of likely N-dealkylation sites (tertiary alicyclic amines) is 2. The van der Waals surface area contributed by atoms with Crippen LogP contribution in [0.25, 0.3) is 0 Å². The summed E-state index contributed by atoms with van der Waals surface area (Å²) < 4.78 is 0. The molecule has 23 heavy (non-hydrogen) atoms. The van der Waals surface area contributed by atoms with Gasteiger partial charge in [-0.1, -0.05) is 0 Å². The maximum absolute atomic E-state index is 12.5. The van der Waals surface area contributed by atoms with E-state index in [2.05, 4.69) is 32.1 Å². The predicted molar refractivity (Wildman–Crippen MR) is 92.8 cm³/mol. The zero-order valence-corrected chi connectivity index (χ0v) is 14.7. The molecule has 0 radical (unpaired) electrons. The van der Waals surface area contributed by atoms with E-state index in [4.69, 9.17) is 0 Å². The number of carbonyl (C=O) groups is 1. The van der Waals surface area contributed by atoms with Crippen LogP contribution in [-0.4, -0.2) is 66.5 Å². The number of likely N-dealkylation sites (N-methyl/N-ethyl adjacent to an activating group) is 1. The monoisotopic (exact) mass is 334 g/mol. The smallest absolute Gasteiger partial charge is 0.222 e. The first-order valence-electron chi connectivity index (χ1n) is 8.78. The molecule has 0 bridgehead atoms. The molecule has 6 heteroatoms. The van der Waals surface area contributed by atoms with Crippen LogP contribution in [0.5, 0.6) is 0 Å². The zero-order chi connectivity index (χ0) is 15.9. The number of piperidine rings is 2. The molecule has 1 aromatic heterocycles. The molecule has 0 aromatic carbocycles. The summed E-state index contributed by atoms with van der Waals surface area (Å²) in [6.45, 7) is 5.32. The van der Waals surface area contributed by atoms with E-state index >= 15 is 0 Å². The molecule has 1 atom stereocenters. The van der Waals surface area contributed by atoms with Gasteiger partial charge >= 0.3 is 0 Å². The van der Waals surface area contributed by atoms with Gasteiger partial charge in [-0.3, -0.25) is 4.79 Å². The van der Waals surface area contributed by atoms with E-state index in [1.807, 2.05) is 6.20 Å². The molecule has 0 saturated carbocycles. The quantitative estimate of drug-likeness (QED) is 0.830. The standard InChI is InChI=1S/C17H26N4OS/c1-19-8-3-14(12-19)21-13-17(4-2-15(21)22)5-9-20(10-6-17)16-18-7-11-23-16/h7,11,14H,2-6,8-10,12-13H2,1H3. The van der Waals surface area contributed by atoms with Crippen LogP contribution in [0.3, 0.4) is 0 Å². The largest absolute Gasteiger partial charge is 0.348 e. The van der Waals surface area contributed by atoms with Gasteiger partial charge in [0.1, 0.15) is 0 Å². The molecule has 0 aliphatic carbocycles. The Morgan fingerprint density at radius 3 is 2.74 bits per heavy atom. The van der Waals surface area contributed by atoms with Gasteiger partial charge in [-0.2, -0.15) is 0 Å². The Hall–Kier alpha value is -1.14. The minimum Gasteiger partial charge on any atom is -0.348 e. The number of hydrogen-bond donors (Lipinski definition) is 0. The van der Waals surface area contributed by atoms with E-state index in [1.165, 1.54) is 12.8 Å². The molecule has 3 aliphatic rings. The summed E-state index contributed by atoms with van der Waals surface area (Å²) in [7, 11) is 2.16. The van der Waals surface area contributed by atoms with E-state index < -0.39 is 0 Å². The fraction of sp³-hybridized carbons (Fsp3) is 0.765. The van der Waals surface area contributed by atoms with Gasteiger partial charge in [-0.05, 0) is 44.7 Å². The highest BCUT2D eigenvalue weighted by molar-refractivity contribution is 7.13. The van der Waals surface area contributed by atoms with Crippen molar-refractivity contribution in [3.63, 3.8) is 0 Å². The highest BCUT2D eigenvalue weighted by atomic mass is 32.1. The van der Waals surface area contributed by atoms with Gasteiger partial charge in [0, 0.05) is 50.2 Å². The lowest BCUT2D eigenvalue weighted by Gasteiger charge is -2.49. The fourth-order valence-corrected chi connectivity index (χ4v) is 5.19. The minimum absolute atomic E-state index is 0.350. The molecular formula is C17H26N4OS. The highest BCUT2D eigenvalue weighted by Gasteiger charge is 2.43. The number of aromatic nitrogens is 1. The molecule has 5 nitrogen and oxygen atoms in total. The summed E-state index contributed by atoms with van der Waals surface area (Å²) >= 11 is 1.73. The van der Waals surface area contributed by atoms with Crippen molar-refractivity contribution < 1.29 is 4.79 Å². The molecule has 0 N–H and O–H groups in total. The van der Waals surface area contributed by atoms with Crippen LogP contribution in [0.1, 0.15) is 32.1 Å². The fourth-order valence-electron chi connectivity index (χ4n) is 4.50. The molecule has 126 valence electrons. The second kappa shape index (κ2) is 6.06. The van der Waals surface area contributed by atoms with Crippen molar-refractivity contribution >= 4 is 22.4 Å². The second-order valence-corrected chi connectivity index (χ2v) is 8.40. The van der Waals surface area contributed by atoms with E-state index in [1.54, 1.807) is 11.3 Å². The normalized spacial score (nSPS) is 28.7. The SMILES string of the molecule is CN1CCC(N2CC3(CCC2=O)CCN(c2nccs2)CC3)C1. The Morgan fingerprint density at radius 2 is 2.09 bits per heavy atom. The lowest BCUT2D eigenvalue weighted by atomic mass is 9.72. The molecule has 4 heterocycles. The van der Waals surface area contributed by atoms with E-state index in [-0.39, 0.29) is 0 Å². The molecule has 3 fully saturated rings. The summed E-state index contributed by atoms with van der Waals surface area (Å²) in [6, 6.07) is 0.446. The van der Waals surface area contributed by atoms with Crippen molar-refractivity contribution in [1.82, 2.24) is 14.8 Å². The van der Waals surface area contributed by atoms with Crippen molar-refractivity contribution in [2.45, 2.75) is 38.1 Å². The average Bonchev–Trinajstić information content (AvgIpc) is 3.22. The maximum Gasteiger partial charge on any atom is 0.222 e. The van der Waals surface area contributed by atoms with Gasteiger partial charge in [-0.25, -0.2) is 4.98 Å². The van der Waals surface area contributed by atoms with Crippen molar-refractivity contribution in [3.8, 4) is 0 Å². The molecule has 1 spiro atoms. The number of nitrogens with zero attached hydrogens (tertiary/aromatic N) is 4. The number of anilines is 1. The van der Waals surface area contributed by atoms with Crippen LogP contribution in [-0.2, 0) is 4.79 Å². The molecule has 1 unspecified atom stereocenters. The Kier molecular flexibility index (Phi) is 4.05. The first kappa shape index (κ1) is 15.4. The van der Waals surface area contributed by atoms with Gasteiger partial charge in [-0.15, -0.1) is 11.3 Å². The third-order valence-electron chi connectivity index (χ3n) is 6.02. The third-order valence-corrected chi connectivity index (χ3v) is 6.85. The third kappa shape index (κ3) is 2.98. The first-order chi connectivity index (χ1) is 11.2. The van der Waals surface area contributed by atoms with Crippen molar-refractivity contribution in [2.75, 3.05) is 44.7 Å². The van der Waals surface area contributed by atoms with Crippen molar-refractivity contribution in [2.24, 2.45) is 5.41 Å². The molecule has 3 aliphatic heterocycles. The highest BCUT2D eigenvalue weighted by Crippen LogP contribution is 2.42.